The third-order valence-corrected chi connectivity index (χ3v) is 6.70. The smallest absolute Gasteiger partial charge is 0.409 e. The minimum atomic E-state index is -1.51. The van der Waals surface area contributed by atoms with Crippen LogP contribution >= 0.6 is 0 Å². The molecule has 4 rings (SSSR count). The van der Waals surface area contributed by atoms with Crippen LogP contribution in [0.25, 0.3) is 11.4 Å². The Hall–Kier alpha value is -3.17. The maximum Gasteiger partial charge on any atom is 0.409 e. The van der Waals surface area contributed by atoms with E-state index in [9.17, 15) is 14.7 Å². The van der Waals surface area contributed by atoms with Crippen LogP contribution in [0.1, 0.15) is 57.7 Å². The number of rotatable bonds is 8. The van der Waals surface area contributed by atoms with Gasteiger partial charge in [-0.15, -0.1) is 5.10 Å². The van der Waals surface area contributed by atoms with Crippen LogP contribution < -0.4 is 4.74 Å². The lowest BCUT2D eigenvalue weighted by atomic mass is 9.85. The normalized spacial score (nSPS) is 23.0. The molecule has 2 fully saturated rings. The average Bonchev–Trinajstić information content (AvgIpc) is 3.16. The zero-order valence-corrected chi connectivity index (χ0v) is 20.0. The molecular formula is C24H33N5O5. The number of aryl methyl sites for hydroxylation is 2. The molecule has 2 aliphatic rings. The predicted octanol–water partition coefficient (Wildman–Crippen LogP) is 3.58. The van der Waals surface area contributed by atoms with Gasteiger partial charge in [-0.2, -0.15) is 0 Å². The van der Waals surface area contributed by atoms with Crippen molar-refractivity contribution in [3.05, 3.63) is 23.5 Å². The topological polar surface area (TPSA) is 120 Å². The van der Waals surface area contributed by atoms with E-state index in [0.717, 1.165) is 12.8 Å². The Morgan fingerprint density at radius 3 is 2.71 bits per heavy atom. The van der Waals surface area contributed by atoms with Crippen molar-refractivity contribution in [1.82, 2.24) is 24.9 Å². The van der Waals surface area contributed by atoms with E-state index in [1.165, 1.54) is 6.42 Å². The van der Waals surface area contributed by atoms with Gasteiger partial charge in [0.05, 0.1) is 23.4 Å². The predicted molar refractivity (Wildman–Crippen MR) is 123 cm³/mol. The second kappa shape index (κ2) is 10.4. The first-order valence-electron chi connectivity index (χ1n) is 12.3. The Balaban J connectivity index is 1.42. The third kappa shape index (κ3) is 5.48. The zero-order chi connectivity index (χ0) is 25.2. The summed E-state index contributed by atoms with van der Waals surface area (Å²) in [5.74, 6) is -1.52. The standard InChI is InChI=1S/C24H33N5O5/c1-15-21(34-18-9-5-8-17(12-18)23(30)31)11-10-19(25-15)22-20(29(3)27-26-22)14-33-24(32)28(2)13-16-6-4-7-16/h10-11,16-18H,4-9,12-14H2,1-3H3,(H,30,31)/t17?,18-/m0/s1/i17D. The number of hydrogen-bond acceptors (Lipinski definition) is 7. The lowest BCUT2D eigenvalue weighted by Gasteiger charge is -2.29. The van der Waals surface area contributed by atoms with Gasteiger partial charge in [-0.3, -0.25) is 4.79 Å². The first-order chi connectivity index (χ1) is 16.7. The zero-order valence-electron chi connectivity index (χ0n) is 21.0. The maximum atomic E-state index is 12.4. The highest BCUT2D eigenvalue weighted by atomic mass is 16.6. The first kappa shape index (κ1) is 22.6. The van der Waals surface area contributed by atoms with Crippen molar-refractivity contribution in [3.63, 3.8) is 0 Å². The number of pyridine rings is 1. The van der Waals surface area contributed by atoms with Gasteiger partial charge >= 0.3 is 12.1 Å². The van der Waals surface area contributed by atoms with Crippen molar-refractivity contribution in [2.24, 2.45) is 18.9 Å². The highest BCUT2D eigenvalue weighted by molar-refractivity contribution is 5.70. The van der Waals surface area contributed by atoms with Crippen LogP contribution in [0.15, 0.2) is 12.1 Å². The van der Waals surface area contributed by atoms with Crippen molar-refractivity contribution in [3.8, 4) is 17.1 Å². The molecule has 0 saturated heterocycles. The Morgan fingerprint density at radius 1 is 1.26 bits per heavy atom. The van der Waals surface area contributed by atoms with Crippen LogP contribution in [-0.2, 0) is 23.2 Å². The van der Waals surface area contributed by atoms with E-state index in [2.05, 4.69) is 15.3 Å². The van der Waals surface area contributed by atoms with Crippen LogP contribution in [0.2, 0.25) is 0 Å². The number of carbonyl (C=O) groups excluding carboxylic acids is 1. The average molecular weight is 473 g/mol. The second-order valence-corrected chi connectivity index (χ2v) is 9.27. The van der Waals surface area contributed by atoms with E-state index in [1.54, 1.807) is 42.7 Å². The Kier molecular flexibility index (Phi) is 6.92. The minimum Gasteiger partial charge on any atom is -0.489 e. The van der Waals surface area contributed by atoms with E-state index in [1.807, 2.05) is 0 Å². The summed E-state index contributed by atoms with van der Waals surface area (Å²) < 4.78 is 21.3. The molecule has 1 amide bonds. The van der Waals surface area contributed by atoms with E-state index in [0.29, 0.717) is 60.3 Å². The monoisotopic (exact) mass is 472 g/mol. The lowest BCUT2D eigenvalue weighted by molar-refractivity contribution is -0.143. The summed E-state index contributed by atoms with van der Waals surface area (Å²) in [6.07, 6.45) is 4.59. The van der Waals surface area contributed by atoms with Gasteiger partial charge in [0.2, 0.25) is 0 Å². The van der Waals surface area contributed by atoms with Crippen LogP contribution in [0, 0.1) is 18.7 Å². The van der Waals surface area contributed by atoms with Gasteiger partial charge in [0, 0.05) is 22.0 Å². The number of amides is 1. The second-order valence-electron chi connectivity index (χ2n) is 9.27. The van der Waals surface area contributed by atoms with Gasteiger partial charge in [0.25, 0.3) is 0 Å². The summed E-state index contributed by atoms with van der Waals surface area (Å²) in [7, 11) is 3.49. The molecule has 184 valence electrons. The number of carbonyl (C=O) groups is 2. The van der Waals surface area contributed by atoms with Crippen molar-refractivity contribution in [1.29, 1.82) is 0 Å². The molecule has 2 aromatic rings. The molecule has 1 N–H and O–H groups in total. The van der Waals surface area contributed by atoms with Gasteiger partial charge in [-0.05, 0) is 63.5 Å². The third-order valence-electron chi connectivity index (χ3n) is 6.70. The number of aromatic nitrogens is 4. The molecule has 1 unspecified atom stereocenters. The molecule has 10 heteroatoms. The fraction of sp³-hybridized carbons (Fsp3) is 0.625. The molecule has 0 spiro atoms. The molecule has 2 atom stereocenters. The fourth-order valence-electron chi connectivity index (χ4n) is 4.42. The molecular weight excluding hydrogens is 438 g/mol. The van der Waals surface area contributed by atoms with E-state index in [-0.39, 0.29) is 25.2 Å². The SMILES string of the molecule is [2H]C1(C(=O)O)CCC[C@H](Oc2ccc(-c3nnn(C)c3COC(=O)N(C)CC3CCC3)nc2C)C1. The van der Waals surface area contributed by atoms with Gasteiger partial charge in [-0.25, -0.2) is 14.5 Å². The largest absolute Gasteiger partial charge is 0.489 e. The molecule has 2 saturated carbocycles. The van der Waals surface area contributed by atoms with Crippen molar-refractivity contribution in [2.45, 2.75) is 64.6 Å². The molecule has 34 heavy (non-hydrogen) atoms. The summed E-state index contributed by atoms with van der Waals surface area (Å²) in [6.45, 7) is 2.53. The molecule has 2 aliphatic carbocycles. The van der Waals surface area contributed by atoms with E-state index < -0.39 is 11.9 Å². The quantitative estimate of drug-likeness (QED) is 0.619. The minimum absolute atomic E-state index is 0.0223. The van der Waals surface area contributed by atoms with Crippen molar-refractivity contribution < 1.29 is 25.5 Å². The van der Waals surface area contributed by atoms with E-state index in [4.69, 9.17) is 10.8 Å². The summed E-state index contributed by atoms with van der Waals surface area (Å²) in [5, 5.41) is 17.7. The van der Waals surface area contributed by atoms with Gasteiger partial charge in [0.15, 0.2) is 0 Å². The molecule has 2 aromatic heterocycles. The first-order valence-corrected chi connectivity index (χ1v) is 11.8. The number of carboxylic acid groups (broad SMARTS) is 1. The summed E-state index contributed by atoms with van der Waals surface area (Å²) >= 11 is 0. The summed E-state index contributed by atoms with van der Waals surface area (Å²) in [6, 6.07) is 3.53. The fourth-order valence-corrected chi connectivity index (χ4v) is 4.42. The molecule has 0 aliphatic heterocycles. The highest BCUT2D eigenvalue weighted by Crippen LogP contribution is 2.31. The van der Waals surface area contributed by atoms with Crippen LogP contribution in [0.4, 0.5) is 4.79 Å². The summed E-state index contributed by atoms with van der Waals surface area (Å²) in [5.41, 5.74) is 2.34. The Labute approximate surface area is 200 Å². The number of nitrogens with zero attached hydrogens (tertiary/aromatic N) is 5. The summed E-state index contributed by atoms with van der Waals surface area (Å²) in [4.78, 5) is 30.1. The Bertz CT molecular complexity index is 1090. The van der Waals surface area contributed by atoms with Crippen LogP contribution in [0.5, 0.6) is 5.75 Å². The molecule has 10 nitrogen and oxygen atoms in total. The molecule has 0 radical (unpaired) electrons. The van der Waals surface area contributed by atoms with Gasteiger partial charge in [0.1, 0.15) is 23.7 Å². The van der Waals surface area contributed by atoms with Gasteiger partial charge < -0.3 is 19.5 Å². The Morgan fingerprint density at radius 2 is 2.03 bits per heavy atom. The van der Waals surface area contributed by atoms with Crippen molar-refractivity contribution >= 4 is 12.1 Å². The maximum absolute atomic E-state index is 12.4. The highest BCUT2D eigenvalue weighted by Gasteiger charge is 2.29. The van der Waals surface area contributed by atoms with E-state index >= 15 is 0 Å². The number of hydrogen-bond donors (Lipinski definition) is 1. The number of ether oxygens (including phenoxy) is 2. The number of carboxylic acids is 1. The van der Waals surface area contributed by atoms with Gasteiger partial charge in [-0.1, -0.05) is 11.6 Å². The lowest BCUT2D eigenvalue weighted by Crippen LogP contribution is -2.34. The molecule has 0 aromatic carbocycles. The molecule has 2 heterocycles. The van der Waals surface area contributed by atoms with Crippen LogP contribution in [-0.4, -0.2) is 61.7 Å². The van der Waals surface area contributed by atoms with Crippen molar-refractivity contribution in [2.75, 3.05) is 13.6 Å². The van der Waals surface area contributed by atoms with Crippen LogP contribution in [0.3, 0.4) is 0 Å². The number of aliphatic carboxylic acids is 1. The molecule has 0 bridgehead atoms.